The number of carbonyl (C=O) groups excluding carboxylic acids is 1. The van der Waals surface area contributed by atoms with Gasteiger partial charge in [0.05, 0.1) is 11.9 Å². The molecule has 1 N–H and O–H groups in total. The molecule has 7 heteroatoms. The van der Waals surface area contributed by atoms with Crippen molar-refractivity contribution >= 4 is 27.3 Å². The number of rotatable bonds is 6. The number of sulfonamides is 1. The first kappa shape index (κ1) is 17.9. The molecule has 0 spiro atoms. The largest absolute Gasteiger partial charge is 0.324 e. The summed E-state index contributed by atoms with van der Waals surface area (Å²) in [6.45, 7) is 1.73. The Labute approximate surface area is 141 Å². The third-order valence-corrected chi connectivity index (χ3v) is 4.63. The van der Waals surface area contributed by atoms with E-state index in [2.05, 4.69) is 5.32 Å². The molecule has 0 aromatic heterocycles. The van der Waals surface area contributed by atoms with Crippen molar-refractivity contribution in [2.75, 3.05) is 15.9 Å². The Kier molecular flexibility index (Phi) is 5.56. The van der Waals surface area contributed by atoms with E-state index in [1.54, 1.807) is 37.3 Å². The summed E-state index contributed by atoms with van der Waals surface area (Å²) in [6.07, 6.45) is 1.35. The number of hydrogen-bond donors (Lipinski definition) is 1. The first-order valence-corrected chi connectivity index (χ1v) is 9.28. The Balaban J connectivity index is 2.32. The predicted octanol–water partition coefficient (Wildman–Crippen LogP) is 3.01. The third-order valence-electron chi connectivity index (χ3n) is 3.45. The van der Waals surface area contributed by atoms with Crippen molar-refractivity contribution in [3.8, 4) is 0 Å². The zero-order valence-corrected chi connectivity index (χ0v) is 14.3. The van der Waals surface area contributed by atoms with E-state index >= 15 is 0 Å². The fourth-order valence-corrected chi connectivity index (χ4v) is 3.61. The highest BCUT2D eigenvalue weighted by Crippen LogP contribution is 2.23. The standard InChI is InChI=1S/C17H19FN2O3S/c1-3-16(17(21)19-14-11-9-13(18)10-12-14)20(24(2,22)23)15-7-5-4-6-8-15/h4-12,16H,3H2,1-2H3,(H,19,21). The van der Waals surface area contributed by atoms with E-state index in [9.17, 15) is 17.6 Å². The Bertz CT molecular complexity index is 792. The van der Waals surface area contributed by atoms with Crippen LogP contribution in [0.15, 0.2) is 54.6 Å². The van der Waals surface area contributed by atoms with Gasteiger partial charge >= 0.3 is 0 Å². The molecule has 1 amide bonds. The summed E-state index contributed by atoms with van der Waals surface area (Å²) in [5.74, 6) is -0.888. The molecule has 2 aromatic carbocycles. The van der Waals surface area contributed by atoms with Gasteiger partial charge in [-0.25, -0.2) is 12.8 Å². The zero-order chi connectivity index (χ0) is 17.7. The van der Waals surface area contributed by atoms with Gasteiger partial charge in [-0.3, -0.25) is 9.10 Å². The van der Waals surface area contributed by atoms with Crippen LogP contribution in [-0.2, 0) is 14.8 Å². The summed E-state index contributed by atoms with van der Waals surface area (Å²) < 4.78 is 38.5. The number of benzene rings is 2. The number of amides is 1. The molecule has 0 aliphatic carbocycles. The monoisotopic (exact) mass is 350 g/mol. The van der Waals surface area contributed by atoms with Gasteiger partial charge in [-0.1, -0.05) is 25.1 Å². The highest BCUT2D eigenvalue weighted by Gasteiger charge is 2.31. The van der Waals surface area contributed by atoms with Crippen molar-refractivity contribution in [2.45, 2.75) is 19.4 Å². The molecule has 0 saturated carbocycles. The maximum atomic E-state index is 13.0. The molecule has 0 aliphatic heterocycles. The van der Waals surface area contributed by atoms with Crippen LogP contribution in [0, 0.1) is 5.82 Å². The summed E-state index contributed by atoms with van der Waals surface area (Å²) in [6, 6.07) is 12.8. The number of anilines is 2. The maximum Gasteiger partial charge on any atom is 0.248 e. The number of nitrogens with zero attached hydrogens (tertiary/aromatic N) is 1. The smallest absolute Gasteiger partial charge is 0.248 e. The van der Waals surface area contributed by atoms with Crippen LogP contribution in [0.25, 0.3) is 0 Å². The number of halogens is 1. The first-order valence-electron chi connectivity index (χ1n) is 7.44. The van der Waals surface area contributed by atoms with Gasteiger partial charge in [0, 0.05) is 5.69 Å². The minimum absolute atomic E-state index is 0.287. The van der Waals surface area contributed by atoms with E-state index in [0.717, 1.165) is 10.6 Å². The Morgan fingerprint density at radius 3 is 2.21 bits per heavy atom. The molecular formula is C17H19FN2O3S. The first-order chi connectivity index (χ1) is 11.3. The molecule has 0 heterocycles. The van der Waals surface area contributed by atoms with Crippen LogP contribution in [0.1, 0.15) is 13.3 Å². The van der Waals surface area contributed by atoms with Gasteiger partial charge in [-0.15, -0.1) is 0 Å². The van der Waals surface area contributed by atoms with Gasteiger partial charge in [0.25, 0.3) is 0 Å². The van der Waals surface area contributed by atoms with Crippen molar-refractivity contribution in [1.82, 2.24) is 0 Å². The minimum atomic E-state index is -3.66. The second kappa shape index (κ2) is 7.44. The van der Waals surface area contributed by atoms with Gasteiger partial charge in [0.2, 0.25) is 15.9 Å². The van der Waals surface area contributed by atoms with Crippen LogP contribution in [0.2, 0.25) is 0 Å². The fourth-order valence-electron chi connectivity index (χ4n) is 2.39. The Morgan fingerprint density at radius 1 is 1.12 bits per heavy atom. The topological polar surface area (TPSA) is 66.5 Å². The number of hydrogen-bond acceptors (Lipinski definition) is 3. The van der Waals surface area contributed by atoms with Crippen molar-refractivity contribution in [1.29, 1.82) is 0 Å². The highest BCUT2D eigenvalue weighted by atomic mass is 32.2. The average Bonchev–Trinajstić information content (AvgIpc) is 2.54. The van der Waals surface area contributed by atoms with Crippen LogP contribution in [0.4, 0.5) is 15.8 Å². The molecule has 128 valence electrons. The third kappa shape index (κ3) is 4.32. The molecule has 2 aromatic rings. The van der Waals surface area contributed by atoms with Gasteiger partial charge in [0.1, 0.15) is 11.9 Å². The quantitative estimate of drug-likeness (QED) is 0.871. The van der Waals surface area contributed by atoms with Crippen molar-refractivity contribution in [2.24, 2.45) is 0 Å². The number of nitrogens with one attached hydrogen (secondary N) is 1. The lowest BCUT2D eigenvalue weighted by Gasteiger charge is -2.30. The van der Waals surface area contributed by atoms with E-state index in [4.69, 9.17) is 0 Å². The van der Waals surface area contributed by atoms with Crippen molar-refractivity contribution in [3.05, 3.63) is 60.4 Å². The molecule has 1 atom stereocenters. The Hall–Kier alpha value is -2.41. The van der Waals surface area contributed by atoms with E-state index in [0.29, 0.717) is 11.4 Å². The highest BCUT2D eigenvalue weighted by molar-refractivity contribution is 7.92. The maximum absolute atomic E-state index is 13.0. The SMILES string of the molecule is CCC(C(=O)Nc1ccc(F)cc1)N(c1ccccc1)S(C)(=O)=O. The molecule has 0 bridgehead atoms. The molecule has 2 rings (SSSR count). The van der Waals surface area contributed by atoms with Crippen LogP contribution >= 0.6 is 0 Å². The average molecular weight is 350 g/mol. The second-order valence-corrected chi connectivity index (χ2v) is 7.17. The van der Waals surface area contributed by atoms with Crippen molar-refractivity contribution in [3.63, 3.8) is 0 Å². The number of carbonyl (C=O) groups is 1. The van der Waals surface area contributed by atoms with E-state index in [1.165, 1.54) is 24.3 Å². The molecule has 1 unspecified atom stereocenters. The minimum Gasteiger partial charge on any atom is -0.324 e. The lowest BCUT2D eigenvalue weighted by Crippen LogP contribution is -2.46. The van der Waals surface area contributed by atoms with Gasteiger partial charge in [0.15, 0.2) is 0 Å². The molecule has 24 heavy (non-hydrogen) atoms. The van der Waals surface area contributed by atoms with E-state index in [-0.39, 0.29) is 6.42 Å². The molecule has 0 radical (unpaired) electrons. The lowest BCUT2D eigenvalue weighted by atomic mass is 10.2. The number of para-hydroxylation sites is 1. The van der Waals surface area contributed by atoms with Crippen LogP contribution in [-0.4, -0.2) is 26.6 Å². The molecule has 5 nitrogen and oxygen atoms in total. The lowest BCUT2D eigenvalue weighted by molar-refractivity contribution is -0.117. The predicted molar refractivity (Wildman–Crippen MR) is 92.9 cm³/mol. The molecular weight excluding hydrogens is 331 g/mol. The van der Waals surface area contributed by atoms with Crippen LogP contribution < -0.4 is 9.62 Å². The van der Waals surface area contributed by atoms with E-state index < -0.39 is 27.8 Å². The summed E-state index contributed by atoms with van der Waals surface area (Å²) in [4.78, 5) is 12.6. The van der Waals surface area contributed by atoms with Crippen molar-refractivity contribution < 1.29 is 17.6 Å². The van der Waals surface area contributed by atoms with Gasteiger partial charge in [-0.2, -0.15) is 0 Å². The Morgan fingerprint density at radius 2 is 1.71 bits per heavy atom. The van der Waals surface area contributed by atoms with Gasteiger partial charge in [-0.05, 0) is 42.8 Å². The summed E-state index contributed by atoms with van der Waals surface area (Å²) in [5, 5.41) is 2.63. The normalized spacial score (nSPS) is 12.5. The van der Waals surface area contributed by atoms with Crippen LogP contribution in [0.5, 0.6) is 0 Å². The summed E-state index contributed by atoms with van der Waals surface area (Å²) in [5.41, 5.74) is 0.822. The zero-order valence-electron chi connectivity index (χ0n) is 13.4. The van der Waals surface area contributed by atoms with Gasteiger partial charge < -0.3 is 5.32 Å². The second-order valence-electron chi connectivity index (χ2n) is 5.31. The fraction of sp³-hybridized carbons (Fsp3) is 0.235. The summed E-state index contributed by atoms with van der Waals surface area (Å²) in [7, 11) is -3.66. The molecule has 0 aliphatic rings. The molecule has 0 saturated heterocycles. The van der Waals surface area contributed by atoms with E-state index in [1.807, 2.05) is 0 Å². The summed E-state index contributed by atoms with van der Waals surface area (Å²) >= 11 is 0. The van der Waals surface area contributed by atoms with Crippen LogP contribution in [0.3, 0.4) is 0 Å². The molecule has 0 fully saturated rings.